The molecule has 0 unspecified atom stereocenters. The van der Waals surface area contributed by atoms with Crippen LogP contribution in [0, 0.1) is 0 Å². The van der Waals surface area contributed by atoms with Crippen molar-refractivity contribution in [3.63, 3.8) is 0 Å². The Kier molecular flexibility index (Phi) is 6.05. The number of ether oxygens (including phenoxy) is 1. The first-order valence-corrected chi connectivity index (χ1v) is 7.71. The maximum Gasteiger partial charge on any atom is 0.411 e. The Morgan fingerprint density at radius 3 is 2.41 bits per heavy atom. The lowest BCUT2D eigenvalue weighted by atomic mass is 10.1. The van der Waals surface area contributed by atoms with Crippen molar-refractivity contribution in [1.29, 1.82) is 0 Å². The lowest BCUT2D eigenvalue weighted by molar-refractivity contribution is -0.175. The number of hydrogen-bond donors (Lipinski definition) is 1. The highest BCUT2D eigenvalue weighted by molar-refractivity contribution is 5.76. The molecule has 1 aliphatic carbocycles. The molecule has 22 heavy (non-hydrogen) atoms. The van der Waals surface area contributed by atoms with Gasteiger partial charge in [0.15, 0.2) is 0 Å². The number of alkyl halides is 3. The van der Waals surface area contributed by atoms with E-state index in [0.717, 1.165) is 19.3 Å². The number of carbonyl (C=O) groups is 1. The number of piperazine rings is 1. The third-order valence-corrected chi connectivity index (χ3v) is 4.31. The van der Waals surface area contributed by atoms with E-state index in [1.54, 1.807) is 4.90 Å². The zero-order valence-electron chi connectivity index (χ0n) is 12.5. The molecular formula is C14H23F3N2O3. The molecular weight excluding hydrogens is 301 g/mol. The van der Waals surface area contributed by atoms with Crippen LogP contribution in [0.25, 0.3) is 0 Å². The topological polar surface area (TPSA) is 53.0 Å². The molecule has 8 heteroatoms. The molecule has 128 valence electrons. The van der Waals surface area contributed by atoms with Gasteiger partial charge in [-0.2, -0.15) is 13.2 Å². The van der Waals surface area contributed by atoms with Gasteiger partial charge < -0.3 is 14.7 Å². The van der Waals surface area contributed by atoms with Gasteiger partial charge in [0.05, 0.1) is 19.1 Å². The molecule has 0 spiro atoms. The summed E-state index contributed by atoms with van der Waals surface area (Å²) in [6, 6.07) is 0.187. The van der Waals surface area contributed by atoms with Gasteiger partial charge in [-0.05, 0) is 19.3 Å². The molecule has 0 radical (unpaired) electrons. The van der Waals surface area contributed by atoms with E-state index in [0.29, 0.717) is 26.2 Å². The average molecular weight is 324 g/mol. The van der Waals surface area contributed by atoms with Crippen molar-refractivity contribution in [2.45, 2.75) is 44.0 Å². The fourth-order valence-electron chi connectivity index (χ4n) is 3.16. The smallest absolute Gasteiger partial charge is 0.391 e. The fraction of sp³-hybridized carbons (Fsp3) is 0.929. The van der Waals surface area contributed by atoms with E-state index >= 15 is 0 Å². The van der Waals surface area contributed by atoms with Crippen LogP contribution >= 0.6 is 0 Å². The summed E-state index contributed by atoms with van der Waals surface area (Å²) in [6.45, 7) is 1.00. The van der Waals surface area contributed by atoms with Crippen LogP contribution in [0.1, 0.15) is 25.7 Å². The summed E-state index contributed by atoms with van der Waals surface area (Å²) < 4.78 is 40.2. The van der Waals surface area contributed by atoms with Gasteiger partial charge in [0.1, 0.15) is 6.61 Å². The molecule has 1 heterocycles. The van der Waals surface area contributed by atoms with Crippen LogP contribution in [-0.4, -0.2) is 78.5 Å². The standard InChI is InChI=1S/C14H23F3N2O3/c15-14(16,17)10-22-9-4-13(21)19-7-5-18(6-8-19)11-2-1-3-12(11)20/h11-12,20H,1-10H2/t11-,12-/m0/s1. The van der Waals surface area contributed by atoms with E-state index in [2.05, 4.69) is 9.64 Å². The maximum atomic E-state index is 11.9. The third kappa shape index (κ3) is 5.10. The Hall–Kier alpha value is -0.860. The summed E-state index contributed by atoms with van der Waals surface area (Å²) in [6.07, 6.45) is -1.81. The van der Waals surface area contributed by atoms with Crippen molar-refractivity contribution in [1.82, 2.24) is 9.80 Å². The molecule has 1 N–H and O–H groups in total. The largest absolute Gasteiger partial charge is 0.411 e. The fourth-order valence-corrected chi connectivity index (χ4v) is 3.16. The van der Waals surface area contributed by atoms with E-state index in [9.17, 15) is 23.1 Å². The van der Waals surface area contributed by atoms with Gasteiger partial charge in [0.25, 0.3) is 0 Å². The second kappa shape index (κ2) is 7.61. The van der Waals surface area contributed by atoms with Crippen LogP contribution in [-0.2, 0) is 9.53 Å². The van der Waals surface area contributed by atoms with Crippen LogP contribution < -0.4 is 0 Å². The summed E-state index contributed by atoms with van der Waals surface area (Å²) in [5, 5.41) is 9.89. The lowest BCUT2D eigenvalue weighted by Gasteiger charge is -2.39. The Balaban J connectivity index is 1.64. The number of amides is 1. The van der Waals surface area contributed by atoms with Gasteiger partial charge >= 0.3 is 6.18 Å². The minimum atomic E-state index is -4.35. The van der Waals surface area contributed by atoms with E-state index in [1.165, 1.54) is 0 Å². The predicted molar refractivity (Wildman–Crippen MR) is 73.3 cm³/mol. The third-order valence-electron chi connectivity index (χ3n) is 4.31. The Bertz CT molecular complexity index is 371. The van der Waals surface area contributed by atoms with Crippen molar-refractivity contribution in [3.05, 3.63) is 0 Å². The quantitative estimate of drug-likeness (QED) is 0.767. The molecule has 1 aliphatic heterocycles. The van der Waals surface area contributed by atoms with E-state index in [-0.39, 0.29) is 31.1 Å². The van der Waals surface area contributed by atoms with E-state index in [1.807, 2.05) is 0 Å². The molecule has 1 saturated carbocycles. The molecule has 0 aromatic rings. The summed E-state index contributed by atoms with van der Waals surface area (Å²) in [5.41, 5.74) is 0. The van der Waals surface area contributed by atoms with Crippen LogP contribution in [0.2, 0.25) is 0 Å². The highest BCUT2D eigenvalue weighted by Gasteiger charge is 2.33. The second-order valence-corrected chi connectivity index (χ2v) is 5.90. The predicted octanol–water partition coefficient (Wildman–Crippen LogP) is 1.01. The number of rotatable bonds is 5. The van der Waals surface area contributed by atoms with Crippen LogP contribution in [0.15, 0.2) is 0 Å². The van der Waals surface area contributed by atoms with Crippen molar-refractivity contribution in [3.8, 4) is 0 Å². The monoisotopic (exact) mass is 324 g/mol. The summed E-state index contributed by atoms with van der Waals surface area (Å²) >= 11 is 0. The highest BCUT2D eigenvalue weighted by atomic mass is 19.4. The van der Waals surface area contributed by atoms with Crippen molar-refractivity contribution in [2.75, 3.05) is 39.4 Å². The first-order chi connectivity index (χ1) is 10.4. The highest BCUT2D eigenvalue weighted by Crippen LogP contribution is 2.25. The SMILES string of the molecule is O=C(CCOCC(F)(F)F)N1CCN([C@H]2CCC[C@@H]2O)CC1. The number of halogens is 3. The zero-order chi connectivity index (χ0) is 16.2. The minimum Gasteiger partial charge on any atom is -0.391 e. The lowest BCUT2D eigenvalue weighted by Crippen LogP contribution is -2.53. The van der Waals surface area contributed by atoms with Crippen LogP contribution in [0.5, 0.6) is 0 Å². The van der Waals surface area contributed by atoms with Gasteiger partial charge in [0, 0.05) is 32.2 Å². The number of aliphatic hydroxyl groups excluding tert-OH is 1. The average Bonchev–Trinajstić information content (AvgIpc) is 2.89. The summed E-state index contributed by atoms with van der Waals surface area (Å²) in [4.78, 5) is 15.8. The molecule has 0 aromatic heterocycles. The van der Waals surface area contributed by atoms with Crippen LogP contribution in [0.3, 0.4) is 0 Å². The second-order valence-electron chi connectivity index (χ2n) is 5.90. The van der Waals surface area contributed by atoms with E-state index < -0.39 is 12.8 Å². The number of aliphatic hydroxyl groups is 1. The molecule has 2 rings (SSSR count). The molecule has 2 atom stereocenters. The van der Waals surface area contributed by atoms with Crippen molar-refractivity contribution >= 4 is 5.91 Å². The summed E-state index contributed by atoms with van der Waals surface area (Å²) in [7, 11) is 0. The van der Waals surface area contributed by atoms with Gasteiger partial charge in [-0.1, -0.05) is 0 Å². The normalized spacial score (nSPS) is 27.4. The first-order valence-electron chi connectivity index (χ1n) is 7.71. The zero-order valence-corrected chi connectivity index (χ0v) is 12.5. The molecule has 2 fully saturated rings. The molecule has 2 aliphatic rings. The Labute approximate surface area is 128 Å². The van der Waals surface area contributed by atoms with Crippen molar-refractivity contribution < 1.29 is 27.8 Å². The molecule has 0 aromatic carbocycles. The number of carbonyl (C=O) groups excluding carboxylic acids is 1. The minimum absolute atomic E-state index is 0.0257. The van der Waals surface area contributed by atoms with Crippen LogP contribution in [0.4, 0.5) is 13.2 Å². The van der Waals surface area contributed by atoms with E-state index in [4.69, 9.17) is 0 Å². The maximum absolute atomic E-state index is 11.9. The number of nitrogens with zero attached hydrogens (tertiary/aromatic N) is 2. The van der Waals surface area contributed by atoms with Gasteiger partial charge in [-0.3, -0.25) is 9.69 Å². The molecule has 1 saturated heterocycles. The Morgan fingerprint density at radius 2 is 1.86 bits per heavy atom. The Morgan fingerprint density at radius 1 is 1.18 bits per heavy atom. The molecule has 0 bridgehead atoms. The first kappa shape index (κ1) is 17.5. The van der Waals surface area contributed by atoms with Crippen molar-refractivity contribution in [2.24, 2.45) is 0 Å². The van der Waals surface area contributed by atoms with Gasteiger partial charge in [-0.25, -0.2) is 0 Å². The number of hydrogen-bond acceptors (Lipinski definition) is 4. The molecule has 5 nitrogen and oxygen atoms in total. The van der Waals surface area contributed by atoms with Gasteiger partial charge in [-0.15, -0.1) is 0 Å². The summed E-state index contributed by atoms with van der Waals surface area (Å²) in [5.74, 6) is -0.172. The molecule has 1 amide bonds. The van der Waals surface area contributed by atoms with Gasteiger partial charge in [0.2, 0.25) is 5.91 Å².